The van der Waals surface area contributed by atoms with Crippen molar-refractivity contribution in [3.8, 4) is 0 Å². The van der Waals surface area contributed by atoms with Gasteiger partial charge in [-0.2, -0.15) is 11.8 Å². The maximum Gasteiger partial charge on any atom is 0.0721 e. The van der Waals surface area contributed by atoms with Crippen LogP contribution in [-0.2, 0) is 11.3 Å². The number of fused-ring (bicyclic) bond motifs is 1. The lowest BCUT2D eigenvalue weighted by Gasteiger charge is -2.31. The fourth-order valence-corrected chi connectivity index (χ4v) is 4.12. The first-order valence-corrected chi connectivity index (χ1v) is 8.11. The first-order valence-electron chi connectivity index (χ1n) is 6.83. The van der Waals surface area contributed by atoms with Crippen LogP contribution < -0.4 is 5.32 Å². The van der Waals surface area contributed by atoms with Crippen molar-refractivity contribution in [1.29, 1.82) is 0 Å². The lowest BCUT2D eigenvalue weighted by atomic mass is 9.98. The number of ether oxygens (including phenoxy) is 1. The molecule has 98 valence electrons. The topological polar surface area (TPSA) is 21.3 Å². The summed E-state index contributed by atoms with van der Waals surface area (Å²) in [6.07, 6.45) is 6.26. The number of rotatable bonds is 3. The SMILES string of the molecule is CSC1CCCC1NC1COCc2ccccc21. The summed E-state index contributed by atoms with van der Waals surface area (Å²) in [5.74, 6) is 0. The van der Waals surface area contributed by atoms with Crippen molar-refractivity contribution in [3.63, 3.8) is 0 Å². The average Bonchev–Trinajstić information content (AvgIpc) is 2.86. The van der Waals surface area contributed by atoms with Gasteiger partial charge in [-0.1, -0.05) is 30.7 Å². The van der Waals surface area contributed by atoms with Gasteiger partial charge in [-0.25, -0.2) is 0 Å². The van der Waals surface area contributed by atoms with Crippen LogP contribution in [0, 0.1) is 0 Å². The Hall–Kier alpha value is -0.510. The second-order valence-corrected chi connectivity index (χ2v) is 6.32. The third kappa shape index (κ3) is 2.44. The van der Waals surface area contributed by atoms with Gasteiger partial charge < -0.3 is 10.1 Å². The fraction of sp³-hybridized carbons (Fsp3) is 0.600. The quantitative estimate of drug-likeness (QED) is 0.905. The second-order valence-electron chi connectivity index (χ2n) is 5.24. The van der Waals surface area contributed by atoms with Gasteiger partial charge in [0.15, 0.2) is 0 Å². The number of hydrogen-bond acceptors (Lipinski definition) is 3. The average molecular weight is 263 g/mol. The molecule has 1 aliphatic heterocycles. The first kappa shape index (κ1) is 12.5. The van der Waals surface area contributed by atoms with E-state index < -0.39 is 0 Å². The molecule has 1 heterocycles. The highest BCUT2D eigenvalue weighted by atomic mass is 32.2. The highest BCUT2D eigenvalue weighted by Gasteiger charge is 2.30. The minimum Gasteiger partial charge on any atom is -0.375 e. The molecule has 2 nitrogen and oxygen atoms in total. The van der Waals surface area contributed by atoms with Gasteiger partial charge in [-0.3, -0.25) is 0 Å². The van der Waals surface area contributed by atoms with E-state index in [4.69, 9.17) is 4.74 Å². The standard InChI is InChI=1S/C15H21NOS/c1-18-15-8-4-7-13(15)16-14-10-17-9-11-5-2-3-6-12(11)14/h2-3,5-6,13-16H,4,7-10H2,1H3. The van der Waals surface area contributed by atoms with Crippen LogP contribution in [0.2, 0.25) is 0 Å². The summed E-state index contributed by atoms with van der Waals surface area (Å²) in [6.45, 7) is 1.58. The molecule has 3 rings (SSSR count). The van der Waals surface area contributed by atoms with Crippen LogP contribution in [0.25, 0.3) is 0 Å². The Morgan fingerprint density at radius 3 is 3.06 bits per heavy atom. The van der Waals surface area contributed by atoms with Gasteiger partial charge in [0.25, 0.3) is 0 Å². The lowest BCUT2D eigenvalue weighted by Crippen LogP contribution is -2.40. The number of nitrogens with one attached hydrogen (secondary N) is 1. The normalized spacial score (nSPS) is 31.3. The molecule has 1 saturated carbocycles. The van der Waals surface area contributed by atoms with E-state index in [0.29, 0.717) is 12.1 Å². The van der Waals surface area contributed by atoms with Crippen molar-refractivity contribution in [2.24, 2.45) is 0 Å². The molecule has 1 aromatic carbocycles. The van der Waals surface area contributed by atoms with Gasteiger partial charge in [0.1, 0.15) is 0 Å². The summed E-state index contributed by atoms with van der Waals surface area (Å²) >= 11 is 2.01. The second kappa shape index (κ2) is 5.64. The van der Waals surface area contributed by atoms with Gasteiger partial charge in [-0.05, 0) is 30.2 Å². The van der Waals surface area contributed by atoms with Gasteiger partial charge in [0, 0.05) is 11.3 Å². The van der Waals surface area contributed by atoms with Crippen molar-refractivity contribution >= 4 is 11.8 Å². The predicted molar refractivity (Wildman–Crippen MR) is 76.9 cm³/mol. The largest absolute Gasteiger partial charge is 0.375 e. The summed E-state index contributed by atoms with van der Waals surface area (Å²) in [5.41, 5.74) is 2.79. The molecule has 18 heavy (non-hydrogen) atoms. The zero-order valence-electron chi connectivity index (χ0n) is 10.9. The van der Waals surface area contributed by atoms with Crippen molar-refractivity contribution in [2.45, 2.75) is 43.2 Å². The van der Waals surface area contributed by atoms with E-state index in [0.717, 1.165) is 18.5 Å². The van der Waals surface area contributed by atoms with Crippen LogP contribution in [0.4, 0.5) is 0 Å². The fourth-order valence-electron chi connectivity index (χ4n) is 3.18. The molecule has 1 fully saturated rings. The van der Waals surface area contributed by atoms with Crippen molar-refractivity contribution < 1.29 is 4.74 Å². The molecule has 0 saturated heterocycles. The zero-order chi connectivity index (χ0) is 12.4. The van der Waals surface area contributed by atoms with Gasteiger partial charge in [0.2, 0.25) is 0 Å². The maximum atomic E-state index is 5.72. The summed E-state index contributed by atoms with van der Waals surface area (Å²) in [4.78, 5) is 0. The predicted octanol–water partition coefficient (Wildman–Crippen LogP) is 3.13. The molecule has 0 radical (unpaired) electrons. The third-order valence-electron chi connectivity index (χ3n) is 4.14. The molecule has 3 heteroatoms. The first-order chi connectivity index (χ1) is 8.88. The zero-order valence-corrected chi connectivity index (χ0v) is 11.7. The van der Waals surface area contributed by atoms with E-state index in [1.165, 1.54) is 30.4 Å². The Bertz CT molecular complexity index is 409. The summed E-state index contributed by atoms with van der Waals surface area (Å²) in [5, 5.41) is 4.61. The molecule has 0 bridgehead atoms. The minimum atomic E-state index is 0.382. The molecule has 0 spiro atoms. The van der Waals surface area contributed by atoms with Crippen LogP contribution in [0.5, 0.6) is 0 Å². The van der Waals surface area contributed by atoms with E-state index in [2.05, 4.69) is 35.8 Å². The van der Waals surface area contributed by atoms with E-state index >= 15 is 0 Å². The molecule has 1 aromatic rings. The van der Waals surface area contributed by atoms with Crippen LogP contribution in [-0.4, -0.2) is 24.2 Å². The highest BCUT2D eigenvalue weighted by molar-refractivity contribution is 7.99. The summed E-state index contributed by atoms with van der Waals surface area (Å²) in [7, 11) is 0. The Labute approximate surface area is 113 Å². The van der Waals surface area contributed by atoms with Crippen LogP contribution in [0.1, 0.15) is 36.4 Å². The Morgan fingerprint density at radius 1 is 1.28 bits per heavy atom. The molecule has 3 unspecified atom stereocenters. The number of benzene rings is 1. The van der Waals surface area contributed by atoms with Crippen molar-refractivity contribution in [1.82, 2.24) is 5.32 Å². The summed E-state index contributed by atoms with van der Waals surface area (Å²) in [6, 6.07) is 9.71. The third-order valence-corrected chi connectivity index (χ3v) is 5.31. The van der Waals surface area contributed by atoms with Gasteiger partial charge in [-0.15, -0.1) is 0 Å². The van der Waals surface area contributed by atoms with Crippen LogP contribution in [0.3, 0.4) is 0 Å². The Kier molecular flexibility index (Phi) is 3.92. The molecule has 2 aliphatic rings. The smallest absolute Gasteiger partial charge is 0.0721 e. The van der Waals surface area contributed by atoms with E-state index in [9.17, 15) is 0 Å². The molecular weight excluding hydrogens is 242 g/mol. The molecule has 1 N–H and O–H groups in total. The number of hydrogen-bond donors (Lipinski definition) is 1. The van der Waals surface area contributed by atoms with Gasteiger partial charge >= 0.3 is 0 Å². The molecular formula is C15H21NOS. The monoisotopic (exact) mass is 263 g/mol. The molecule has 0 amide bonds. The highest BCUT2D eigenvalue weighted by Crippen LogP contribution is 2.32. The van der Waals surface area contributed by atoms with Crippen LogP contribution >= 0.6 is 11.8 Å². The maximum absolute atomic E-state index is 5.72. The molecule has 3 atom stereocenters. The van der Waals surface area contributed by atoms with E-state index in [-0.39, 0.29) is 0 Å². The van der Waals surface area contributed by atoms with Gasteiger partial charge in [0.05, 0.1) is 19.3 Å². The molecule has 1 aliphatic carbocycles. The Balaban J connectivity index is 1.74. The molecule has 0 aromatic heterocycles. The Morgan fingerprint density at radius 2 is 2.17 bits per heavy atom. The van der Waals surface area contributed by atoms with Crippen LogP contribution in [0.15, 0.2) is 24.3 Å². The lowest BCUT2D eigenvalue weighted by molar-refractivity contribution is 0.0788. The van der Waals surface area contributed by atoms with Crippen molar-refractivity contribution in [2.75, 3.05) is 12.9 Å². The number of thioether (sulfide) groups is 1. The van der Waals surface area contributed by atoms with E-state index in [1.807, 2.05) is 11.8 Å². The van der Waals surface area contributed by atoms with E-state index in [1.54, 1.807) is 0 Å². The minimum absolute atomic E-state index is 0.382. The summed E-state index contributed by atoms with van der Waals surface area (Å²) < 4.78 is 5.72. The van der Waals surface area contributed by atoms with Crippen molar-refractivity contribution in [3.05, 3.63) is 35.4 Å².